The Morgan fingerprint density at radius 2 is 1.94 bits per heavy atom. The molecule has 4 nitrogen and oxygen atoms in total. The van der Waals surface area contributed by atoms with Gasteiger partial charge in [0.05, 0.1) is 22.2 Å². The summed E-state index contributed by atoms with van der Waals surface area (Å²) in [5.74, 6) is -0.183. The van der Waals surface area contributed by atoms with Gasteiger partial charge in [0.25, 0.3) is 0 Å². The van der Waals surface area contributed by atoms with Crippen molar-refractivity contribution in [3.05, 3.63) is 27.7 Å². The third-order valence-corrected chi connectivity index (χ3v) is 2.46. The molecule has 0 heterocycles. The molecule has 1 aromatic carbocycles. The molecule has 0 saturated carbocycles. The van der Waals surface area contributed by atoms with Gasteiger partial charge < -0.3 is 9.47 Å². The fourth-order valence-electron chi connectivity index (χ4n) is 1.10. The Balaban J connectivity index is 2.73. The Hall–Kier alpha value is -1.26. The monoisotopic (exact) mass is 276 g/mol. The average molecular weight is 277 g/mol. The molecule has 0 aliphatic heterocycles. The third-order valence-electron chi connectivity index (χ3n) is 1.83. The normalized spacial score (nSPS) is 9.82. The summed E-state index contributed by atoms with van der Waals surface area (Å²) in [5, 5.41) is 0.345. The zero-order valence-corrected chi connectivity index (χ0v) is 10.5. The number of halogens is 2. The Morgan fingerprint density at radius 1 is 1.35 bits per heavy atom. The number of carbonyl (C=O) groups excluding carboxylic acids is 2. The molecule has 0 N–H and O–H groups in total. The van der Waals surface area contributed by atoms with Gasteiger partial charge in [-0.25, -0.2) is 4.79 Å². The van der Waals surface area contributed by atoms with E-state index in [0.29, 0.717) is 12.0 Å². The van der Waals surface area contributed by atoms with E-state index in [0.717, 1.165) is 0 Å². The van der Waals surface area contributed by atoms with Crippen molar-refractivity contribution in [3.8, 4) is 5.75 Å². The minimum Gasteiger partial charge on any atom is -0.482 e. The van der Waals surface area contributed by atoms with E-state index in [4.69, 9.17) is 27.9 Å². The molecule has 0 saturated heterocycles. The molecular weight excluding hydrogens is 267 g/mol. The number of benzene rings is 1. The van der Waals surface area contributed by atoms with Gasteiger partial charge in [0.15, 0.2) is 12.9 Å². The van der Waals surface area contributed by atoms with Crippen LogP contribution in [-0.2, 0) is 9.53 Å². The third kappa shape index (κ3) is 3.91. The summed E-state index contributed by atoms with van der Waals surface area (Å²) in [5.41, 5.74) is 0.191. The lowest BCUT2D eigenvalue weighted by Gasteiger charge is -2.08. The number of esters is 1. The van der Waals surface area contributed by atoms with Crippen molar-refractivity contribution in [2.45, 2.75) is 6.92 Å². The van der Waals surface area contributed by atoms with E-state index in [2.05, 4.69) is 4.74 Å². The molecule has 0 bridgehead atoms. The standard InChI is InChI=1S/C11H10Cl2O4/c1-2-16-11(15)6-17-7-3-9(12)8(5-14)10(13)4-7/h3-5H,2,6H2,1H3. The summed E-state index contributed by atoms with van der Waals surface area (Å²) in [6.45, 7) is 1.75. The number of carbonyl (C=O) groups is 2. The molecule has 1 rings (SSSR count). The molecule has 0 atom stereocenters. The molecule has 0 aliphatic carbocycles. The second-order valence-corrected chi connectivity index (χ2v) is 3.83. The fourth-order valence-corrected chi connectivity index (χ4v) is 1.66. The molecule has 0 amide bonds. The maximum atomic E-state index is 11.0. The molecule has 6 heteroatoms. The van der Waals surface area contributed by atoms with E-state index in [-0.39, 0.29) is 28.8 Å². The van der Waals surface area contributed by atoms with Crippen molar-refractivity contribution in [1.29, 1.82) is 0 Å². The van der Waals surface area contributed by atoms with Crippen LogP contribution in [0, 0.1) is 0 Å². The maximum Gasteiger partial charge on any atom is 0.344 e. The van der Waals surface area contributed by atoms with Crippen LogP contribution >= 0.6 is 23.2 Å². The highest BCUT2D eigenvalue weighted by atomic mass is 35.5. The van der Waals surface area contributed by atoms with Gasteiger partial charge in [-0.2, -0.15) is 0 Å². The lowest BCUT2D eigenvalue weighted by Crippen LogP contribution is -2.14. The molecule has 0 spiro atoms. The van der Waals surface area contributed by atoms with Crippen LogP contribution in [0.2, 0.25) is 10.0 Å². The smallest absolute Gasteiger partial charge is 0.344 e. The zero-order valence-electron chi connectivity index (χ0n) is 9.04. The van der Waals surface area contributed by atoms with Crippen molar-refractivity contribution in [2.24, 2.45) is 0 Å². The second-order valence-electron chi connectivity index (χ2n) is 3.01. The van der Waals surface area contributed by atoms with E-state index >= 15 is 0 Å². The number of rotatable bonds is 5. The summed E-state index contributed by atoms with van der Waals surface area (Å²) >= 11 is 11.6. The van der Waals surface area contributed by atoms with Crippen LogP contribution in [0.5, 0.6) is 5.75 Å². The van der Waals surface area contributed by atoms with E-state index in [1.807, 2.05) is 0 Å². The SMILES string of the molecule is CCOC(=O)COc1cc(Cl)c(C=O)c(Cl)c1. The minimum atomic E-state index is -0.487. The second kappa shape index (κ2) is 6.47. The highest BCUT2D eigenvalue weighted by Gasteiger charge is 2.09. The molecule has 17 heavy (non-hydrogen) atoms. The number of ether oxygens (including phenoxy) is 2. The van der Waals surface area contributed by atoms with Crippen LogP contribution in [0.4, 0.5) is 0 Å². The molecule has 92 valence electrons. The van der Waals surface area contributed by atoms with Crippen LogP contribution in [0.15, 0.2) is 12.1 Å². The van der Waals surface area contributed by atoms with Crippen LogP contribution in [0.25, 0.3) is 0 Å². The van der Waals surface area contributed by atoms with E-state index in [1.54, 1.807) is 6.92 Å². The van der Waals surface area contributed by atoms with Crippen LogP contribution in [0.1, 0.15) is 17.3 Å². The Bertz CT molecular complexity index is 408. The largest absolute Gasteiger partial charge is 0.482 e. The average Bonchev–Trinajstić information content (AvgIpc) is 2.26. The van der Waals surface area contributed by atoms with E-state index < -0.39 is 5.97 Å². The predicted octanol–water partition coefficient (Wildman–Crippen LogP) is 2.75. The summed E-state index contributed by atoms with van der Waals surface area (Å²) in [6.07, 6.45) is 0.555. The minimum absolute atomic E-state index is 0.173. The van der Waals surface area contributed by atoms with E-state index in [1.165, 1.54) is 12.1 Å². The van der Waals surface area contributed by atoms with Gasteiger partial charge in [-0.05, 0) is 19.1 Å². The van der Waals surface area contributed by atoms with Crippen molar-refractivity contribution in [3.63, 3.8) is 0 Å². The first kappa shape index (κ1) is 13.8. The highest BCUT2D eigenvalue weighted by molar-refractivity contribution is 6.38. The highest BCUT2D eigenvalue weighted by Crippen LogP contribution is 2.28. The quantitative estimate of drug-likeness (QED) is 0.613. The topological polar surface area (TPSA) is 52.6 Å². The fraction of sp³-hybridized carbons (Fsp3) is 0.273. The molecule has 0 unspecified atom stereocenters. The predicted molar refractivity (Wildman–Crippen MR) is 64.0 cm³/mol. The summed E-state index contributed by atoms with van der Waals surface area (Å²) < 4.78 is 9.81. The molecular formula is C11H10Cl2O4. The van der Waals surface area contributed by atoms with Gasteiger partial charge in [0.2, 0.25) is 0 Å². The van der Waals surface area contributed by atoms with Crippen LogP contribution in [0.3, 0.4) is 0 Å². The molecule has 0 aliphatic rings. The molecule has 1 aromatic rings. The zero-order chi connectivity index (χ0) is 12.8. The van der Waals surface area contributed by atoms with Crippen molar-refractivity contribution < 1.29 is 19.1 Å². The first-order valence-corrected chi connectivity index (χ1v) is 5.56. The first-order chi connectivity index (χ1) is 8.08. The molecule has 0 aromatic heterocycles. The number of aldehydes is 1. The Kier molecular flexibility index (Phi) is 5.25. The summed E-state index contributed by atoms with van der Waals surface area (Å²) in [7, 11) is 0. The van der Waals surface area contributed by atoms with Gasteiger partial charge in [0.1, 0.15) is 5.75 Å². The molecule has 0 radical (unpaired) electrons. The van der Waals surface area contributed by atoms with Gasteiger partial charge in [-0.1, -0.05) is 23.2 Å². The lowest BCUT2D eigenvalue weighted by atomic mass is 10.2. The van der Waals surface area contributed by atoms with Crippen molar-refractivity contribution in [2.75, 3.05) is 13.2 Å². The maximum absolute atomic E-state index is 11.0. The van der Waals surface area contributed by atoms with Crippen LogP contribution in [-0.4, -0.2) is 25.5 Å². The number of hydrogen-bond donors (Lipinski definition) is 0. The Morgan fingerprint density at radius 3 is 2.41 bits per heavy atom. The van der Waals surface area contributed by atoms with E-state index in [9.17, 15) is 9.59 Å². The van der Waals surface area contributed by atoms with Crippen LogP contribution < -0.4 is 4.74 Å². The summed E-state index contributed by atoms with van der Waals surface area (Å²) in [4.78, 5) is 21.7. The lowest BCUT2D eigenvalue weighted by molar-refractivity contribution is -0.145. The Labute approximate surface area is 108 Å². The van der Waals surface area contributed by atoms with Crippen molar-refractivity contribution in [1.82, 2.24) is 0 Å². The first-order valence-electron chi connectivity index (χ1n) is 4.81. The number of hydrogen-bond acceptors (Lipinski definition) is 4. The summed E-state index contributed by atoms with van der Waals surface area (Å²) in [6, 6.07) is 2.83. The van der Waals surface area contributed by atoms with Gasteiger partial charge in [-0.3, -0.25) is 4.79 Å². The van der Waals surface area contributed by atoms with Crippen molar-refractivity contribution >= 4 is 35.5 Å². The molecule has 0 fully saturated rings. The van der Waals surface area contributed by atoms with Gasteiger partial charge in [0, 0.05) is 0 Å². The van der Waals surface area contributed by atoms with Gasteiger partial charge in [-0.15, -0.1) is 0 Å². The van der Waals surface area contributed by atoms with Gasteiger partial charge >= 0.3 is 5.97 Å².